The van der Waals surface area contributed by atoms with Crippen LogP contribution >= 0.6 is 0 Å². The van der Waals surface area contributed by atoms with Crippen LogP contribution < -0.4 is 19.5 Å². The normalized spacial score (nSPS) is 13.0. The zero-order valence-corrected chi connectivity index (χ0v) is 15.9. The second kappa shape index (κ2) is 7.71. The van der Waals surface area contributed by atoms with Gasteiger partial charge in [-0.15, -0.1) is 0 Å². The van der Waals surface area contributed by atoms with E-state index in [4.69, 9.17) is 18.9 Å². The third-order valence-electron chi connectivity index (χ3n) is 4.58. The molecule has 3 aromatic carbocycles. The van der Waals surface area contributed by atoms with Crippen LogP contribution in [0.3, 0.4) is 0 Å². The van der Waals surface area contributed by atoms with Crippen LogP contribution in [0.1, 0.15) is 17.3 Å². The minimum atomic E-state index is -1.01. The monoisotopic (exact) mass is 393 g/mol. The molecule has 0 saturated heterocycles. The molecule has 0 saturated carbocycles. The van der Waals surface area contributed by atoms with E-state index in [2.05, 4.69) is 5.32 Å². The minimum absolute atomic E-state index is 0.147. The lowest BCUT2D eigenvalue weighted by molar-refractivity contribution is -0.123. The zero-order chi connectivity index (χ0) is 20.4. The van der Waals surface area contributed by atoms with E-state index in [-0.39, 0.29) is 12.4 Å². The molecule has 0 aliphatic carbocycles. The van der Waals surface area contributed by atoms with Crippen molar-refractivity contribution in [2.24, 2.45) is 0 Å². The highest BCUT2D eigenvalue weighted by molar-refractivity contribution is 6.01. The fraction of sp³-hybridized carbons (Fsp3) is 0.182. The molecule has 1 N–H and O–H groups in total. The van der Waals surface area contributed by atoms with Crippen molar-refractivity contribution in [1.29, 1.82) is 0 Å². The summed E-state index contributed by atoms with van der Waals surface area (Å²) < 4.78 is 21.2. The summed E-state index contributed by atoms with van der Waals surface area (Å²) in [6.07, 6.45) is -1.01. The number of hydrogen-bond donors (Lipinski definition) is 1. The molecule has 4 rings (SSSR count). The van der Waals surface area contributed by atoms with Gasteiger partial charge in [-0.1, -0.05) is 24.3 Å². The molecule has 1 heterocycles. The summed E-state index contributed by atoms with van der Waals surface area (Å²) >= 11 is 0. The van der Waals surface area contributed by atoms with E-state index in [1.165, 1.54) is 14.0 Å². The van der Waals surface area contributed by atoms with E-state index in [1.54, 1.807) is 30.3 Å². The largest absolute Gasteiger partial charge is 0.496 e. The topological polar surface area (TPSA) is 83.1 Å². The highest BCUT2D eigenvalue weighted by atomic mass is 16.7. The highest BCUT2D eigenvalue weighted by Crippen LogP contribution is 2.34. The SMILES string of the molecule is COc1cc2ccccc2cc1C(=O)O[C@H](C)C(=O)Nc1ccc2c(c1)OCO2. The van der Waals surface area contributed by atoms with Gasteiger partial charge in [0, 0.05) is 11.8 Å². The molecule has 0 fully saturated rings. The van der Waals surface area contributed by atoms with Gasteiger partial charge in [0.25, 0.3) is 5.91 Å². The van der Waals surface area contributed by atoms with Crippen molar-refractivity contribution in [2.45, 2.75) is 13.0 Å². The number of fused-ring (bicyclic) bond motifs is 2. The van der Waals surface area contributed by atoms with Crippen molar-refractivity contribution in [2.75, 3.05) is 19.2 Å². The number of amides is 1. The molecule has 148 valence electrons. The average molecular weight is 393 g/mol. The number of anilines is 1. The predicted molar refractivity (Wildman–Crippen MR) is 107 cm³/mol. The Morgan fingerprint density at radius 2 is 1.72 bits per heavy atom. The van der Waals surface area contributed by atoms with Crippen molar-refractivity contribution < 1.29 is 28.5 Å². The average Bonchev–Trinajstić information content (AvgIpc) is 3.20. The van der Waals surface area contributed by atoms with Crippen LogP contribution in [0.5, 0.6) is 17.2 Å². The summed E-state index contributed by atoms with van der Waals surface area (Å²) in [7, 11) is 1.48. The van der Waals surface area contributed by atoms with E-state index in [1.807, 2.05) is 24.3 Å². The fourth-order valence-corrected chi connectivity index (χ4v) is 3.04. The van der Waals surface area contributed by atoms with Gasteiger partial charge in [0.05, 0.1) is 7.11 Å². The molecule has 1 atom stereocenters. The van der Waals surface area contributed by atoms with E-state index in [0.717, 1.165) is 10.8 Å². The van der Waals surface area contributed by atoms with Crippen molar-refractivity contribution in [3.05, 3.63) is 60.2 Å². The first-order valence-electron chi connectivity index (χ1n) is 9.03. The van der Waals surface area contributed by atoms with Crippen molar-refractivity contribution >= 4 is 28.3 Å². The molecule has 0 radical (unpaired) electrons. The van der Waals surface area contributed by atoms with Gasteiger partial charge in [0.1, 0.15) is 11.3 Å². The van der Waals surface area contributed by atoms with E-state index in [0.29, 0.717) is 22.9 Å². The number of esters is 1. The van der Waals surface area contributed by atoms with Crippen LogP contribution in [0.2, 0.25) is 0 Å². The van der Waals surface area contributed by atoms with Crippen molar-refractivity contribution in [3.8, 4) is 17.2 Å². The molecule has 0 bridgehead atoms. The minimum Gasteiger partial charge on any atom is -0.496 e. The Kier molecular flexibility index (Phi) is 4.95. The standard InChI is InChI=1S/C22H19NO6/c1-13(21(24)23-16-7-8-18-20(11-16)28-12-27-18)29-22(25)17-9-14-5-3-4-6-15(14)10-19(17)26-2/h3-11,13H,12H2,1-2H3,(H,23,24)/t13-/m1/s1. The van der Waals surface area contributed by atoms with Gasteiger partial charge < -0.3 is 24.3 Å². The van der Waals surface area contributed by atoms with E-state index < -0.39 is 18.0 Å². The van der Waals surface area contributed by atoms with Crippen LogP contribution in [0.15, 0.2) is 54.6 Å². The lowest BCUT2D eigenvalue weighted by Crippen LogP contribution is -2.30. The molecule has 0 aromatic heterocycles. The summed E-state index contributed by atoms with van der Waals surface area (Å²) in [4.78, 5) is 25.1. The molecule has 7 nitrogen and oxygen atoms in total. The zero-order valence-electron chi connectivity index (χ0n) is 15.9. The van der Waals surface area contributed by atoms with Crippen LogP contribution in [-0.4, -0.2) is 31.9 Å². The Morgan fingerprint density at radius 3 is 2.48 bits per heavy atom. The lowest BCUT2D eigenvalue weighted by atomic mass is 10.1. The van der Waals surface area contributed by atoms with Crippen LogP contribution in [0.4, 0.5) is 5.69 Å². The number of benzene rings is 3. The van der Waals surface area contributed by atoms with Crippen LogP contribution in [-0.2, 0) is 9.53 Å². The summed E-state index contributed by atoms with van der Waals surface area (Å²) in [5, 5.41) is 4.52. The summed E-state index contributed by atoms with van der Waals surface area (Å²) in [5.74, 6) is 0.453. The molecular formula is C22H19NO6. The van der Waals surface area contributed by atoms with Gasteiger partial charge in [-0.25, -0.2) is 4.79 Å². The molecule has 3 aromatic rings. The van der Waals surface area contributed by atoms with Crippen LogP contribution in [0.25, 0.3) is 10.8 Å². The summed E-state index contributed by atoms with van der Waals surface area (Å²) in [6, 6.07) is 16.1. The van der Waals surface area contributed by atoms with Gasteiger partial charge in [-0.2, -0.15) is 0 Å². The van der Waals surface area contributed by atoms with Gasteiger partial charge in [-0.05, 0) is 42.0 Å². The maximum Gasteiger partial charge on any atom is 0.342 e. The van der Waals surface area contributed by atoms with Gasteiger partial charge >= 0.3 is 5.97 Å². The van der Waals surface area contributed by atoms with Crippen molar-refractivity contribution in [1.82, 2.24) is 0 Å². The predicted octanol–water partition coefficient (Wildman–Crippen LogP) is 3.76. The number of carbonyl (C=O) groups excluding carboxylic acids is 2. The first-order chi connectivity index (χ1) is 14.0. The third-order valence-corrected chi connectivity index (χ3v) is 4.58. The van der Waals surface area contributed by atoms with Crippen LogP contribution in [0, 0.1) is 0 Å². The van der Waals surface area contributed by atoms with Gasteiger partial charge in [0.2, 0.25) is 6.79 Å². The first-order valence-corrected chi connectivity index (χ1v) is 9.03. The number of nitrogens with one attached hydrogen (secondary N) is 1. The lowest BCUT2D eigenvalue weighted by Gasteiger charge is -2.15. The maximum absolute atomic E-state index is 12.7. The molecular weight excluding hydrogens is 374 g/mol. The Balaban J connectivity index is 1.47. The van der Waals surface area contributed by atoms with E-state index >= 15 is 0 Å². The summed E-state index contributed by atoms with van der Waals surface area (Å²) in [6.45, 7) is 1.65. The second-order valence-electron chi connectivity index (χ2n) is 6.50. The molecule has 0 spiro atoms. The number of carbonyl (C=O) groups is 2. The number of methoxy groups -OCH3 is 1. The summed E-state index contributed by atoms with van der Waals surface area (Å²) in [5.41, 5.74) is 0.777. The molecule has 1 amide bonds. The second-order valence-corrected chi connectivity index (χ2v) is 6.50. The number of rotatable bonds is 5. The van der Waals surface area contributed by atoms with Crippen molar-refractivity contribution in [3.63, 3.8) is 0 Å². The number of ether oxygens (including phenoxy) is 4. The number of hydrogen-bond acceptors (Lipinski definition) is 6. The third kappa shape index (κ3) is 3.80. The van der Waals surface area contributed by atoms with Gasteiger partial charge in [0.15, 0.2) is 17.6 Å². The highest BCUT2D eigenvalue weighted by Gasteiger charge is 2.23. The Hall–Kier alpha value is -3.74. The fourth-order valence-electron chi connectivity index (χ4n) is 3.04. The molecule has 1 aliphatic rings. The Bertz CT molecular complexity index is 1090. The Labute approximate surface area is 167 Å². The molecule has 1 aliphatic heterocycles. The molecule has 7 heteroatoms. The quantitative estimate of drug-likeness (QED) is 0.665. The molecule has 29 heavy (non-hydrogen) atoms. The van der Waals surface area contributed by atoms with Gasteiger partial charge in [-0.3, -0.25) is 4.79 Å². The smallest absolute Gasteiger partial charge is 0.342 e. The molecule has 0 unspecified atom stereocenters. The maximum atomic E-state index is 12.7. The van der Waals surface area contributed by atoms with E-state index in [9.17, 15) is 9.59 Å². The first kappa shape index (κ1) is 18.6. The Morgan fingerprint density at radius 1 is 1.00 bits per heavy atom.